The second-order valence-electron chi connectivity index (χ2n) is 8.93. The van der Waals surface area contributed by atoms with E-state index in [-0.39, 0.29) is 28.6 Å². The van der Waals surface area contributed by atoms with Crippen LogP contribution in [0, 0.1) is 12.8 Å². The zero-order valence-corrected chi connectivity index (χ0v) is 19.8. The van der Waals surface area contributed by atoms with E-state index in [2.05, 4.69) is 32.3 Å². The van der Waals surface area contributed by atoms with Gasteiger partial charge in [0.05, 0.1) is 18.3 Å². The number of aromatic nitrogens is 2. The van der Waals surface area contributed by atoms with Gasteiger partial charge in [-0.15, -0.1) is 0 Å². The van der Waals surface area contributed by atoms with E-state index in [1.807, 2.05) is 11.4 Å². The molecule has 0 aromatic carbocycles. The summed E-state index contributed by atoms with van der Waals surface area (Å²) in [5, 5.41) is 0. The molecule has 0 bridgehead atoms. The number of rotatable bonds is 5. The quantitative estimate of drug-likeness (QED) is 0.524. The molecule has 0 radical (unpaired) electrons. The smallest absolute Gasteiger partial charge is 0.330 e. The van der Waals surface area contributed by atoms with Crippen LogP contribution in [0.2, 0.25) is 0 Å². The van der Waals surface area contributed by atoms with Crippen molar-refractivity contribution in [2.75, 3.05) is 0 Å². The second-order valence-corrected chi connectivity index (χ2v) is 12.4. The highest BCUT2D eigenvalue weighted by molar-refractivity contribution is 8.54. The number of H-pyrrole nitrogens is 1. The SMILES string of the molecule is C=C(C)C1CC[C@]2(C)S[P@](OC3C[C@H](n4cc(C)c(=O)[nH]c4=O)O[C@@H]3CC)O[C@H]2C1. The van der Waals surface area contributed by atoms with Crippen molar-refractivity contribution in [3.63, 3.8) is 0 Å². The van der Waals surface area contributed by atoms with Gasteiger partial charge in [0.25, 0.3) is 5.56 Å². The molecule has 9 heteroatoms. The van der Waals surface area contributed by atoms with E-state index in [0.29, 0.717) is 17.9 Å². The van der Waals surface area contributed by atoms with Crippen LogP contribution < -0.4 is 11.2 Å². The second kappa shape index (κ2) is 8.55. The Kier molecular flexibility index (Phi) is 6.35. The Morgan fingerprint density at radius 1 is 1.47 bits per heavy atom. The van der Waals surface area contributed by atoms with Crippen molar-refractivity contribution in [1.29, 1.82) is 0 Å². The van der Waals surface area contributed by atoms with Crippen molar-refractivity contribution in [1.82, 2.24) is 9.55 Å². The number of fused-ring (bicyclic) bond motifs is 1. The van der Waals surface area contributed by atoms with Gasteiger partial charge in [-0.1, -0.05) is 30.5 Å². The zero-order valence-electron chi connectivity index (χ0n) is 18.1. The molecule has 7 nitrogen and oxygen atoms in total. The Morgan fingerprint density at radius 3 is 2.93 bits per heavy atom. The molecular weight excluding hydrogens is 423 g/mol. The van der Waals surface area contributed by atoms with Crippen molar-refractivity contribution in [2.24, 2.45) is 5.92 Å². The summed E-state index contributed by atoms with van der Waals surface area (Å²) in [5.74, 6) is 0.525. The fourth-order valence-corrected chi connectivity index (χ4v) is 9.09. The van der Waals surface area contributed by atoms with Crippen molar-refractivity contribution < 1.29 is 13.8 Å². The molecule has 3 heterocycles. The third kappa shape index (κ3) is 4.22. The van der Waals surface area contributed by atoms with Gasteiger partial charge in [0.1, 0.15) is 6.23 Å². The van der Waals surface area contributed by atoms with Gasteiger partial charge in [0.2, 0.25) is 7.58 Å². The Balaban J connectivity index is 1.45. The van der Waals surface area contributed by atoms with Crippen LogP contribution in [0.25, 0.3) is 0 Å². The van der Waals surface area contributed by atoms with Gasteiger partial charge in [-0.05, 0) is 52.4 Å². The minimum absolute atomic E-state index is 0.0885. The third-order valence-electron chi connectivity index (χ3n) is 6.62. The maximum Gasteiger partial charge on any atom is 0.330 e. The lowest BCUT2D eigenvalue weighted by Crippen LogP contribution is -2.39. The summed E-state index contributed by atoms with van der Waals surface area (Å²) < 4.78 is 20.5. The molecule has 1 aliphatic carbocycles. The van der Waals surface area contributed by atoms with Gasteiger partial charge in [0.15, 0.2) is 0 Å². The first-order valence-corrected chi connectivity index (χ1v) is 13.3. The maximum absolute atomic E-state index is 12.3. The summed E-state index contributed by atoms with van der Waals surface area (Å²) in [6, 6.07) is 0. The molecule has 1 aromatic rings. The van der Waals surface area contributed by atoms with Gasteiger partial charge in [-0.3, -0.25) is 14.3 Å². The van der Waals surface area contributed by atoms with Crippen LogP contribution in [0.1, 0.15) is 64.7 Å². The highest BCUT2D eigenvalue weighted by Gasteiger charge is 2.52. The number of hydrogen-bond donors (Lipinski definition) is 1. The molecule has 0 amide bonds. The first-order valence-electron chi connectivity index (χ1n) is 10.7. The lowest BCUT2D eigenvalue weighted by Gasteiger charge is -2.37. The van der Waals surface area contributed by atoms with Crippen molar-refractivity contribution in [3.05, 3.63) is 44.8 Å². The molecule has 7 atom stereocenters. The van der Waals surface area contributed by atoms with E-state index in [0.717, 1.165) is 25.7 Å². The van der Waals surface area contributed by atoms with Gasteiger partial charge in [0, 0.05) is 22.9 Å². The fraction of sp³-hybridized carbons (Fsp3) is 0.714. The molecule has 166 valence electrons. The van der Waals surface area contributed by atoms with E-state index >= 15 is 0 Å². The van der Waals surface area contributed by atoms with Gasteiger partial charge in [-0.2, -0.15) is 0 Å². The average molecular weight is 455 g/mol. The normalized spacial score (nSPS) is 38.5. The molecule has 2 aliphatic heterocycles. The first-order chi connectivity index (χ1) is 14.2. The number of aryl methyl sites for hydroxylation is 1. The monoisotopic (exact) mass is 454 g/mol. The Hall–Kier alpha value is -0.920. The molecular formula is C21H31N2O5PS. The Bertz CT molecular complexity index is 933. The van der Waals surface area contributed by atoms with Crippen LogP contribution in [-0.4, -0.2) is 32.6 Å². The maximum atomic E-state index is 12.3. The van der Waals surface area contributed by atoms with Crippen LogP contribution in [0.4, 0.5) is 0 Å². The van der Waals surface area contributed by atoms with Crippen LogP contribution in [0.15, 0.2) is 27.9 Å². The first kappa shape index (κ1) is 22.3. The Morgan fingerprint density at radius 2 is 2.23 bits per heavy atom. The number of aromatic amines is 1. The van der Waals surface area contributed by atoms with Crippen molar-refractivity contribution in [3.8, 4) is 0 Å². The van der Waals surface area contributed by atoms with E-state index in [4.69, 9.17) is 13.8 Å². The average Bonchev–Trinajstić information content (AvgIpc) is 3.23. The van der Waals surface area contributed by atoms with Gasteiger partial charge >= 0.3 is 5.69 Å². The lowest BCUT2D eigenvalue weighted by atomic mass is 9.77. The molecule has 3 fully saturated rings. The molecule has 1 saturated carbocycles. The largest absolute Gasteiger partial charge is 0.352 e. The molecule has 2 saturated heterocycles. The summed E-state index contributed by atoms with van der Waals surface area (Å²) in [4.78, 5) is 26.3. The topological polar surface area (TPSA) is 82.6 Å². The molecule has 2 unspecified atom stereocenters. The molecule has 3 aliphatic rings. The zero-order chi connectivity index (χ0) is 21.6. The van der Waals surface area contributed by atoms with Crippen LogP contribution in [0.5, 0.6) is 0 Å². The summed E-state index contributed by atoms with van der Waals surface area (Å²) in [6.45, 7) is 12.3. The minimum atomic E-state index is -1.07. The minimum Gasteiger partial charge on any atom is -0.352 e. The van der Waals surface area contributed by atoms with Crippen LogP contribution in [0.3, 0.4) is 0 Å². The van der Waals surface area contributed by atoms with Crippen molar-refractivity contribution >= 4 is 19.0 Å². The van der Waals surface area contributed by atoms with Crippen LogP contribution >= 0.6 is 19.0 Å². The number of ether oxygens (including phenoxy) is 1. The lowest BCUT2D eigenvalue weighted by molar-refractivity contribution is -0.0187. The molecule has 1 aromatic heterocycles. The number of nitrogens with zero attached hydrogens (tertiary/aromatic N) is 1. The van der Waals surface area contributed by atoms with Crippen LogP contribution in [-0.2, 0) is 13.8 Å². The summed E-state index contributed by atoms with van der Waals surface area (Å²) in [5.41, 5.74) is 0.908. The molecule has 1 N–H and O–H groups in total. The Labute approximate surface area is 182 Å². The highest BCUT2D eigenvalue weighted by Crippen LogP contribution is 2.70. The summed E-state index contributed by atoms with van der Waals surface area (Å²) in [7, 11) is -1.07. The molecule has 30 heavy (non-hydrogen) atoms. The summed E-state index contributed by atoms with van der Waals surface area (Å²) >= 11 is 1.83. The van der Waals surface area contributed by atoms with Crippen molar-refractivity contribution in [2.45, 2.75) is 89.1 Å². The van der Waals surface area contributed by atoms with E-state index in [1.165, 1.54) is 10.1 Å². The van der Waals surface area contributed by atoms with E-state index in [1.54, 1.807) is 13.1 Å². The number of allylic oxidation sites excluding steroid dienone is 1. The number of nitrogens with one attached hydrogen (secondary N) is 1. The summed E-state index contributed by atoms with van der Waals surface area (Å²) in [6.07, 6.45) is 5.67. The van der Waals surface area contributed by atoms with E-state index < -0.39 is 19.5 Å². The third-order valence-corrected chi connectivity index (χ3v) is 10.7. The molecule has 0 spiro atoms. The predicted molar refractivity (Wildman–Crippen MR) is 120 cm³/mol. The number of hydrogen-bond acceptors (Lipinski definition) is 6. The predicted octanol–water partition coefficient (Wildman–Crippen LogP) is 4.42. The fourth-order valence-electron chi connectivity index (χ4n) is 4.55. The standard InChI is InChI=1S/C21H31N2O5PS/c1-6-15-16(10-18(26-15)23-11-13(4)19(24)22-20(23)25)27-29-28-17-9-14(12(2)3)7-8-21(17,5)30-29/h11,14-18H,2,6-10H2,1,3-5H3,(H,22,24,25)/t14?,15-,16?,17+,18-,21+,29-/m1/s1. The van der Waals surface area contributed by atoms with Gasteiger partial charge in [-0.25, -0.2) is 4.79 Å². The molecule has 4 rings (SSSR count). The highest BCUT2D eigenvalue weighted by atomic mass is 32.7. The van der Waals surface area contributed by atoms with E-state index in [9.17, 15) is 9.59 Å². The van der Waals surface area contributed by atoms with Gasteiger partial charge < -0.3 is 13.8 Å².